The van der Waals surface area contributed by atoms with Gasteiger partial charge in [-0.15, -0.1) is 5.10 Å². The lowest BCUT2D eigenvalue weighted by molar-refractivity contribution is 0.0374. The van der Waals surface area contributed by atoms with Crippen LogP contribution in [0.5, 0.6) is 0 Å². The Bertz CT molecular complexity index is 1560. The fourth-order valence-electron chi connectivity index (χ4n) is 5.41. The molecule has 0 spiro atoms. The molecule has 242 valence electrons. The number of anilines is 3. The third kappa shape index (κ3) is 7.35. The molecule has 0 saturated carbocycles. The second kappa shape index (κ2) is 14.1. The number of ether oxygens (including phenoxy) is 1. The van der Waals surface area contributed by atoms with Crippen LogP contribution in [0.25, 0.3) is 5.69 Å². The molecule has 2 fully saturated rings. The van der Waals surface area contributed by atoms with Gasteiger partial charge in [-0.25, -0.2) is 13.5 Å². The molecule has 3 heterocycles. The molecule has 15 heteroatoms. The molecular weight excluding hydrogens is 608 g/mol. The SMILES string of the molecule is Cc1c(F)c(N)cc(C(=O)Nc2cc(-n3cc(C(=O)NCCCN4CCOCC4)nn3)c(F)cc2N2CCN(C)[C@@H](C)C2)c1Cl. The number of hydrogen-bond donors (Lipinski definition) is 3. The van der Waals surface area contributed by atoms with E-state index in [0.29, 0.717) is 38.5 Å². The Morgan fingerprint density at radius 2 is 1.87 bits per heavy atom. The van der Waals surface area contributed by atoms with Gasteiger partial charge >= 0.3 is 0 Å². The van der Waals surface area contributed by atoms with Gasteiger partial charge in [-0.05, 0) is 46.0 Å². The van der Waals surface area contributed by atoms with Gasteiger partial charge in [-0.2, -0.15) is 0 Å². The van der Waals surface area contributed by atoms with Crippen molar-refractivity contribution in [2.75, 3.05) is 82.0 Å². The number of benzene rings is 2. The standard InChI is InChI=1S/C30H38ClF2N9O3/c1-18-16-41(8-7-39(18)3)26-14-21(32)25(15-23(26)36-29(43)20-13-22(34)28(33)19(2)27(20)31)42-17-24(37-38-42)30(44)35-5-4-6-40-9-11-45-12-10-40/h13-15,17-18H,4-12,16,34H2,1-3H3,(H,35,44)(H,36,43)/t18-/m0/s1. The number of rotatable bonds is 9. The lowest BCUT2D eigenvalue weighted by Gasteiger charge is -2.39. The minimum atomic E-state index is -0.698. The highest BCUT2D eigenvalue weighted by Gasteiger charge is 2.27. The van der Waals surface area contributed by atoms with E-state index in [4.69, 9.17) is 22.1 Å². The van der Waals surface area contributed by atoms with Gasteiger partial charge in [0.05, 0.1) is 47.1 Å². The molecule has 3 aromatic rings. The molecule has 45 heavy (non-hydrogen) atoms. The minimum Gasteiger partial charge on any atom is -0.396 e. The Morgan fingerprint density at radius 1 is 1.11 bits per heavy atom. The predicted molar refractivity (Wildman–Crippen MR) is 168 cm³/mol. The number of piperazine rings is 1. The number of halogens is 3. The van der Waals surface area contributed by atoms with Gasteiger partial charge in [0.25, 0.3) is 11.8 Å². The molecule has 1 atom stereocenters. The van der Waals surface area contributed by atoms with Crippen LogP contribution >= 0.6 is 11.6 Å². The number of hydrogen-bond acceptors (Lipinski definition) is 9. The summed E-state index contributed by atoms with van der Waals surface area (Å²) in [7, 11) is 2.01. The van der Waals surface area contributed by atoms with Crippen LogP contribution in [0.3, 0.4) is 0 Å². The number of nitrogens with one attached hydrogen (secondary N) is 2. The van der Waals surface area contributed by atoms with Crippen LogP contribution < -0.4 is 21.3 Å². The maximum atomic E-state index is 15.7. The monoisotopic (exact) mass is 645 g/mol. The van der Waals surface area contributed by atoms with Crippen LogP contribution in [0.4, 0.5) is 25.8 Å². The van der Waals surface area contributed by atoms with Crippen molar-refractivity contribution in [1.29, 1.82) is 0 Å². The van der Waals surface area contributed by atoms with Gasteiger partial charge in [-0.3, -0.25) is 14.5 Å². The van der Waals surface area contributed by atoms with Crippen molar-refractivity contribution < 1.29 is 23.1 Å². The topological polar surface area (TPSA) is 134 Å². The minimum absolute atomic E-state index is 0.0207. The first-order chi connectivity index (χ1) is 21.5. The summed E-state index contributed by atoms with van der Waals surface area (Å²) in [6.07, 6.45) is 2.09. The summed E-state index contributed by atoms with van der Waals surface area (Å²) in [5, 5.41) is 13.5. The summed E-state index contributed by atoms with van der Waals surface area (Å²) in [5.74, 6) is -2.40. The largest absolute Gasteiger partial charge is 0.396 e. The van der Waals surface area contributed by atoms with Gasteiger partial charge in [-0.1, -0.05) is 16.8 Å². The van der Waals surface area contributed by atoms with Crippen molar-refractivity contribution in [3.05, 3.63) is 57.9 Å². The van der Waals surface area contributed by atoms with Crippen molar-refractivity contribution >= 4 is 40.5 Å². The molecule has 12 nitrogen and oxygen atoms in total. The Morgan fingerprint density at radius 3 is 2.60 bits per heavy atom. The van der Waals surface area contributed by atoms with Gasteiger partial charge < -0.3 is 30.9 Å². The van der Waals surface area contributed by atoms with Crippen LogP contribution in [0.2, 0.25) is 5.02 Å². The number of nitrogens with zero attached hydrogens (tertiary/aromatic N) is 6. The van der Waals surface area contributed by atoms with Crippen LogP contribution in [-0.2, 0) is 4.74 Å². The maximum Gasteiger partial charge on any atom is 0.273 e. The van der Waals surface area contributed by atoms with Crippen molar-refractivity contribution in [2.24, 2.45) is 0 Å². The summed E-state index contributed by atoms with van der Waals surface area (Å²) in [4.78, 5) is 32.7. The van der Waals surface area contributed by atoms with Gasteiger partial charge in [0.15, 0.2) is 17.3 Å². The van der Waals surface area contributed by atoms with Crippen LogP contribution in [0, 0.1) is 18.6 Å². The van der Waals surface area contributed by atoms with E-state index in [0.717, 1.165) is 37.3 Å². The second-order valence-corrected chi connectivity index (χ2v) is 11.8. The quantitative estimate of drug-likeness (QED) is 0.237. The van der Waals surface area contributed by atoms with Gasteiger partial charge in [0, 0.05) is 56.9 Å². The highest BCUT2D eigenvalue weighted by Crippen LogP contribution is 2.34. The van der Waals surface area contributed by atoms with Crippen molar-refractivity contribution in [2.45, 2.75) is 26.3 Å². The first-order valence-corrected chi connectivity index (χ1v) is 15.3. The molecule has 2 aliphatic heterocycles. The average molecular weight is 646 g/mol. The molecule has 4 N–H and O–H groups in total. The summed E-state index contributed by atoms with van der Waals surface area (Å²) < 4.78 is 36.5. The van der Waals surface area contributed by atoms with Crippen molar-refractivity contribution in [3.8, 4) is 5.69 Å². The zero-order valence-corrected chi connectivity index (χ0v) is 26.3. The summed E-state index contributed by atoms with van der Waals surface area (Å²) in [6, 6.07) is 4.09. The Hall–Kier alpha value is -3.85. The van der Waals surface area contributed by atoms with Gasteiger partial charge in [0.1, 0.15) is 5.69 Å². The van der Waals surface area contributed by atoms with E-state index in [1.807, 2.05) is 11.9 Å². The highest BCUT2D eigenvalue weighted by atomic mass is 35.5. The number of likely N-dealkylation sites (N-methyl/N-ethyl adjacent to an activating group) is 1. The normalized spacial score (nSPS) is 17.8. The molecule has 2 saturated heterocycles. The van der Waals surface area contributed by atoms with E-state index < -0.39 is 23.4 Å². The molecule has 2 amide bonds. The summed E-state index contributed by atoms with van der Waals surface area (Å²) >= 11 is 6.32. The molecule has 0 aliphatic carbocycles. The number of carbonyl (C=O) groups is 2. The number of nitrogens with two attached hydrogens (primary N) is 1. The zero-order valence-electron chi connectivity index (χ0n) is 25.6. The zero-order chi connectivity index (χ0) is 32.2. The molecule has 0 unspecified atom stereocenters. The smallest absolute Gasteiger partial charge is 0.273 e. The van der Waals surface area contributed by atoms with Crippen LogP contribution in [-0.4, -0.2) is 109 Å². The van der Waals surface area contributed by atoms with Crippen LogP contribution in [0.1, 0.15) is 39.8 Å². The Labute approximate surface area is 265 Å². The molecule has 5 rings (SSSR count). The number of carbonyl (C=O) groups excluding carboxylic acids is 2. The van der Waals surface area contributed by atoms with E-state index in [1.165, 1.54) is 31.3 Å². The first kappa shape index (κ1) is 32.5. The average Bonchev–Trinajstić information content (AvgIpc) is 3.53. The van der Waals surface area contributed by atoms with Gasteiger partial charge in [0.2, 0.25) is 0 Å². The van der Waals surface area contributed by atoms with Crippen molar-refractivity contribution in [3.63, 3.8) is 0 Å². The van der Waals surface area contributed by atoms with E-state index in [9.17, 15) is 14.0 Å². The molecule has 0 radical (unpaired) electrons. The number of morpholine rings is 1. The Kier molecular flexibility index (Phi) is 10.2. The number of nitrogen functional groups attached to an aromatic ring is 1. The summed E-state index contributed by atoms with van der Waals surface area (Å²) in [6.45, 7) is 9.83. The third-order valence-corrected chi connectivity index (χ3v) is 8.81. The lowest BCUT2D eigenvalue weighted by atomic mass is 10.1. The molecule has 1 aromatic heterocycles. The van der Waals surface area contributed by atoms with E-state index in [2.05, 4.69) is 37.7 Å². The fourth-order valence-corrected chi connectivity index (χ4v) is 5.64. The molecular formula is C30H38ClF2N9O3. The molecule has 2 aromatic carbocycles. The molecule has 0 bridgehead atoms. The number of amides is 2. The van der Waals surface area contributed by atoms with Crippen molar-refractivity contribution in [1.82, 2.24) is 30.1 Å². The van der Waals surface area contributed by atoms with Crippen LogP contribution in [0.15, 0.2) is 24.4 Å². The van der Waals surface area contributed by atoms with E-state index in [-0.39, 0.29) is 44.9 Å². The fraction of sp³-hybridized carbons (Fsp3) is 0.467. The predicted octanol–water partition coefficient (Wildman–Crippen LogP) is 2.93. The number of aromatic nitrogens is 3. The highest BCUT2D eigenvalue weighted by molar-refractivity contribution is 6.35. The lowest BCUT2D eigenvalue weighted by Crippen LogP contribution is -2.50. The second-order valence-electron chi connectivity index (χ2n) is 11.4. The molecule has 2 aliphatic rings. The Balaban J connectivity index is 1.38. The summed E-state index contributed by atoms with van der Waals surface area (Å²) in [5.41, 5.74) is 6.30. The maximum absolute atomic E-state index is 15.7. The first-order valence-electron chi connectivity index (χ1n) is 14.9. The third-order valence-electron chi connectivity index (χ3n) is 8.32. The van der Waals surface area contributed by atoms with E-state index >= 15 is 4.39 Å². The van der Waals surface area contributed by atoms with E-state index in [1.54, 1.807) is 0 Å².